The minimum Gasteiger partial charge on any atom is -0.463 e. The molecule has 3 heterocycles. The quantitative estimate of drug-likeness (QED) is 0.0945. The van der Waals surface area contributed by atoms with Gasteiger partial charge in [-0.1, -0.05) is 162 Å². The average molecular weight is 742 g/mol. The van der Waals surface area contributed by atoms with Crippen LogP contribution < -0.4 is 4.90 Å². The van der Waals surface area contributed by atoms with E-state index in [0.29, 0.717) is 6.61 Å². The molecule has 3 nitrogen and oxygen atoms in total. The van der Waals surface area contributed by atoms with Crippen molar-refractivity contribution in [2.45, 2.75) is 123 Å². The van der Waals surface area contributed by atoms with Crippen LogP contribution in [0.5, 0.6) is 0 Å². The lowest BCUT2D eigenvalue weighted by Gasteiger charge is -2.55. The van der Waals surface area contributed by atoms with E-state index in [-0.39, 0.29) is 33.0 Å². The van der Waals surface area contributed by atoms with E-state index >= 15 is 0 Å². The van der Waals surface area contributed by atoms with E-state index in [1.165, 1.54) is 95.5 Å². The van der Waals surface area contributed by atoms with Crippen LogP contribution >= 0.6 is 0 Å². The van der Waals surface area contributed by atoms with E-state index in [4.69, 9.17) is 4.74 Å². The molecule has 3 heteroatoms. The Morgan fingerprint density at radius 3 is 1.27 bits per heavy atom. The third kappa shape index (κ3) is 5.79. The molecule has 5 aromatic rings. The van der Waals surface area contributed by atoms with Crippen LogP contribution in [0.25, 0.3) is 22.3 Å². The summed E-state index contributed by atoms with van der Waals surface area (Å²) in [5.41, 5.74) is 21.0. The molecule has 0 atom stereocenters. The molecule has 0 N–H and O–H groups in total. The standard InChI is InChI=1S/C53H59NO2/c1-14-45(55)56-25-15-16-32-17-19-33(20-18-32)34-21-23-35(24-22-34)36-26-39-46-40(27-36)52(10,11)42-29-38(50(5,6)7)31-44-48(42)54(46)47-41(51(39,8)9)28-37(49(2,3)4)30-43(47)53(44,12)13/h14,17-24,26-31H,1,15-16,25H2,2-13H3. The maximum absolute atomic E-state index is 11.4. The minimum atomic E-state index is -0.366. The number of carbonyl (C=O) groups is 1. The van der Waals surface area contributed by atoms with Gasteiger partial charge < -0.3 is 9.64 Å². The van der Waals surface area contributed by atoms with Crippen LogP contribution in [-0.2, 0) is 43.0 Å². The molecule has 0 radical (unpaired) electrons. The van der Waals surface area contributed by atoms with Crippen molar-refractivity contribution in [2.75, 3.05) is 11.5 Å². The zero-order valence-electron chi connectivity index (χ0n) is 35.8. The number of carbonyl (C=O) groups excluding carboxylic acids is 1. The summed E-state index contributed by atoms with van der Waals surface area (Å²) in [4.78, 5) is 14.1. The van der Waals surface area contributed by atoms with E-state index in [0.717, 1.165) is 12.8 Å². The molecule has 0 unspecified atom stereocenters. The van der Waals surface area contributed by atoms with E-state index in [1.54, 1.807) is 0 Å². The lowest BCUT2D eigenvalue weighted by atomic mass is 9.59. The fraction of sp³-hybridized carbons (Fsp3) is 0.377. The highest BCUT2D eigenvalue weighted by atomic mass is 16.5. The van der Waals surface area contributed by atoms with Crippen LogP contribution in [0.15, 0.2) is 97.6 Å². The van der Waals surface area contributed by atoms with Crippen molar-refractivity contribution in [3.05, 3.63) is 148 Å². The molecular formula is C53H59NO2. The summed E-state index contributed by atoms with van der Waals surface area (Å²) in [6, 6.07) is 33.1. The van der Waals surface area contributed by atoms with E-state index < -0.39 is 0 Å². The maximum atomic E-state index is 11.4. The van der Waals surface area contributed by atoms with Crippen molar-refractivity contribution in [3.8, 4) is 22.3 Å². The third-order valence-corrected chi connectivity index (χ3v) is 13.3. The van der Waals surface area contributed by atoms with Gasteiger partial charge in [-0.05, 0) is 108 Å². The molecule has 56 heavy (non-hydrogen) atoms. The molecule has 5 aromatic carbocycles. The SMILES string of the molecule is C=CC(=O)OCCCc1ccc(-c2ccc(-c3cc4c5c(c3)C(C)(C)c3cc(C(C)(C)C)cc6c3N5c3c(cc(C(C)(C)C)cc3C6(C)C)C4(C)C)cc2)cc1. The largest absolute Gasteiger partial charge is 0.463 e. The molecule has 0 bridgehead atoms. The summed E-state index contributed by atoms with van der Waals surface area (Å²) in [6.45, 7) is 32.8. The van der Waals surface area contributed by atoms with Crippen molar-refractivity contribution in [1.29, 1.82) is 0 Å². The first-order valence-corrected chi connectivity index (χ1v) is 20.5. The number of nitrogens with zero attached hydrogens (tertiary/aromatic N) is 1. The molecule has 3 aliphatic rings. The lowest BCUT2D eigenvalue weighted by Crippen LogP contribution is -2.44. The van der Waals surface area contributed by atoms with E-state index in [2.05, 4.69) is 179 Å². The molecular weight excluding hydrogens is 683 g/mol. The molecule has 0 aromatic heterocycles. The highest BCUT2D eigenvalue weighted by molar-refractivity contribution is 5.99. The minimum absolute atomic E-state index is 0.0114. The smallest absolute Gasteiger partial charge is 0.330 e. The first-order chi connectivity index (χ1) is 26.2. The summed E-state index contributed by atoms with van der Waals surface area (Å²) >= 11 is 0. The molecule has 0 fully saturated rings. The number of hydrogen-bond donors (Lipinski definition) is 0. The van der Waals surface area contributed by atoms with E-state index in [9.17, 15) is 4.79 Å². The predicted octanol–water partition coefficient (Wildman–Crippen LogP) is 13.7. The molecule has 0 aliphatic carbocycles. The third-order valence-electron chi connectivity index (χ3n) is 13.3. The number of hydrogen-bond acceptors (Lipinski definition) is 3. The second-order valence-corrected chi connectivity index (χ2v) is 20.2. The Labute approximate surface area is 335 Å². The van der Waals surface area contributed by atoms with Crippen LogP contribution in [0.3, 0.4) is 0 Å². The normalized spacial score (nSPS) is 16.6. The lowest BCUT2D eigenvalue weighted by molar-refractivity contribution is -0.137. The van der Waals surface area contributed by atoms with Gasteiger partial charge in [-0.2, -0.15) is 0 Å². The highest BCUT2D eigenvalue weighted by Gasteiger charge is 2.52. The number of rotatable bonds is 7. The second-order valence-electron chi connectivity index (χ2n) is 20.2. The van der Waals surface area contributed by atoms with Crippen molar-refractivity contribution in [2.24, 2.45) is 0 Å². The number of esters is 1. The van der Waals surface area contributed by atoms with E-state index in [1.807, 2.05) is 0 Å². The zero-order chi connectivity index (χ0) is 40.3. The van der Waals surface area contributed by atoms with Crippen molar-refractivity contribution in [3.63, 3.8) is 0 Å². The van der Waals surface area contributed by atoms with Gasteiger partial charge in [0.2, 0.25) is 0 Å². The van der Waals surface area contributed by atoms with Crippen LogP contribution in [0, 0.1) is 0 Å². The fourth-order valence-electron chi connectivity index (χ4n) is 9.52. The topological polar surface area (TPSA) is 29.5 Å². The first-order valence-electron chi connectivity index (χ1n) is 20.5. The Bertz CT molecular complexity index is 2320. The van der Waals surface area contributed by atoms with Crippen LogP contribution in [0.4, 0.5) is 17.1 Å². The molecule has 3 aliphatic heterocycles. The molecule has 8 rings (SSSR count). The summed E-state index contributed by atoms with van der Waals surface area (Å²) in [5.74, 6) is -0.366. The van der Waals surface area contributed by atoms with Gasteiger partial charge in [0.05, 0.1) is 23.7 Å². The van der Waals surface area contributed by atoms with Gasteiger partial charge in [0.1, 0.15) is 0 Å². The Morgan fingerprint density at radius 1 is 0.571 bits per heavy atom. The molecule has 0 amide bonds. The predicted molar refractivity (Wildman–Crippen MR) is 235 cm³/mol. The summed E-state index contributed by atoms with van der Waals surface area (Å²) in [5, 5.41) is 0. The Hall–Kier alpha value is -4.89. The van der Waals surface area contributed by atoms with Crippen LogP contribution in [0.1, 0.15) is 140 Å². The number of aryl methyl sites for hydroxylation is 1. The van der Waals surface area contributed by atoms with Gasteiger partial charge >= 0.3 is 5.97 Å². The summed E-state index contributed by atoms with van der Waals surface area (Å²) in [6.07, 6.45) is 2.86. The number of ether oxygens (including phenoxy) is 1. The fourth-order valence-corrected chi connectivity index (χ4v) is 9.52. The summed E-state index contributed by atoms with van der Waals surface area (Å²) in [7, 11) is 0. The van der Waals surface area contributed by atoms with Crippen LogP contribution in [0.2, 0.25) is 0 Å². The monoisotopic (exact) mass is 741 g/mol. The second kappa shape index (κ2) is 12.6. The molecule has 0 saturated heterocycles. The van der Waals surface area contributed by atoms with Crippen LogP contribution in [-0.4, -0.2) is 12.6 Å². The average Bonchev–Trinajstić information content (AvgIpc) is 3.14. The Kier molecular flexibility index (Phi) is 8.52. The van der Waals surface area contributed by atoms with Gasteiger partial charge in [-0.15, -0.1) is 0 Å². The number of anilines is 3. The van der Waals surface area contributed by atoms with Gasteiger partial charge in [-0.3, -0.25) is 0 Å². The molecule has 288 valence electrons. The van der Waals surface area contributed by atoms with Crippen molar-refractivity contribution < 1.29 is 9.53 Å². The van der Waals surface area contributed by atoms with Gasteiger partial charge in [0.25, 0.3) is 0 Å². The zero-order valence-corrected chi connectivity index (χ0v) is 35.8. The van der Waals surface area contributed by atoms with Gasteiger partial charge in [0, 0.05) is 22.3 Å². The molecule has 0 spiro atoms. The maximum Gasteiger partial charge on any atom is 0.330 e. The first kappa shape index (κ1) is 38.0. The highest BCUT2D eigenvalue weighted by Crippen LogP contribution is 2.67. The van der Waals surface area contributed by atoms with Gasteiger partial charge in [-0.25, -0.2) is 4.79 Å². The molecule has 0 saturated carbocycles. The van der Waals surface area contributed by atoms with Crippen molar-refractivity contribution >= 4 is 23.0 Å². The Balaban J connectivity index is 1.26. The summed E-state index contributed by atoms with van der Waals surface area (Å²) < 4.78 is 5.15. The van der Waals surface area contributed by atoms with Gasteiger partial charge in [0.15, 0.2) is 0 Å². The Morgan fingerprint density at radius 2 is 0.911 bits per heavy atom. The van der Waals surface area contributed by atoms with Crippen molar-refractivity contribution in [1.82, 2.24) is 0 Å². The number of benzene rings is 5.